The average Bonchev–Trinajstić information content (AvgIpc) is 2.31. The van der Waals surface area contributed by atoms with Gasteiger partial charge in [-0.1, -0.05) is 36.4 Å². The van der Waals surface area contributed by atoms with Gasteiger partial charge in [-0.2, -0.15) is 0 Å². The lowest BCUT2D eigenvalue weighted by Gasteiger charge is -2.06. The third kappa shape index (κ3) is 2.77. The molecular weight excluding hydrogens is 240 g/mol. The summed E-state index contributed by atoms with van der Waals surface area (Å²) in [6.45, 7) is 0. The minimum absolute atomic E-state index is 0.361. The Morgan fingerprint density at radius 2 is 1.81 bits per heavy atom. The fourth-order valence-electron chi connectivity index (χ4n) is 1.41. The zero-order valence-electron chi connectivity index (χ0n) is 8.67. The molecule has 0 atom stereocenters. The van der Waals surface area contributed by atoms with E-state index in [0.29, 0.717) is 4.90 Å². The van der Waals surface area contributed by atoms with Crippen LogP contribution in [-0.2, 0) is 8.87 Å². The molecule has 1 aromatic rings. The van der Waals surface area contributed by atoms with Crippen LogP contribution < -0.4 is 0 Å². The van der Waals surface area contributed by atoms with E-state index in [-0.39, 0.29) is 0 Å². The topological polar surface area (TPSA) is 34.1 Å². The minimum Gasteiger partial charge on any atom is -0.212 e. The smallest absolute Gasteiger partial charge is 0.212 e. The van der Waals surface area contributed by atoms with Crippen LogP contribution in [0.3, 0.4) is 0 Å². The largest absolute Gasteiger partial charge is 0.234 e. The predicted molar refractivity (Wildman–Crippen MR) is 67.7 cm³/mol. The van der Waals surface area contributed by atoms with Crippen LogP contribution in [0.1, 0.15) is 12.8 Å². The highest BCUT2D eigenvalue weighted by atomic mass is 33.1. The Labute approximate surface area is 99.4 Å². The van der Waals surface area contributed by atoms with E-state index >= 15 is 0 Å². The maximum Gasteiger partial charge on any atom is 0.234 e. The predicted octanol–water partition coefficient (Wildman–Crippen LogP) is 3.34. The van der Waals surface area contributed by atoms with Crippen molar-refractivity contribution < 1.29 is 8.42 Å². The standard InChI is InChI=1S/C12H12O2S2/c13-16(14,12-9-5-2-6-10-12)15-11-7-3-1-4-8-11/h2-3,5-10H,1,4H2. The summed E-state index contributed by atoms with van der Waals surface area (Å²) in [4.78, 5) is 1.18. The third-order valence-corrected chi connectivity index (χ3v) is 5.58. The van der Waals surface area contributed by atoms with E-state index in [1.165, 1.54) is 0 Å². The van der Waals surface area contributed by atoms with Crippen molar-refractivity contribution in [1.29, 1.82) is 0 Å². The van der Waals surface area contributed by atoms with E-state index in [0.717, 1.165) is 28.5 Å². The van der Waals surface area contributed by atoms with Crippen LogP contribution in [0.25, 0.3) is 0 Å². The maximum atomic E-state index is 12.0. The zero-order chi connectivity index (χ0) is 11.4. The molecule has 4 heteroatoms. The highest BCUT2D eigenvalue weighted by Gasteiger charge is 2.16. The Kier molecular flexibility index (Phi) is 3.51. The van der Waals surface area contributed by atoms with Gasteiger partial charge in [0.15, 0.2) is 0 Å². The van der Waals surface area contributed by atoms with Crippen LogP contribution in [0.4, 0.5) is 0 Å². The van der Waals surface area contributed by atoms with Crippen molar-refractivity contribution in [1.82, 2.24) is 0 Å². The van der Waals surface area contributed by atoms with Crippen LogP contribution in [0, 0.1) is 0 Å². The van der Waals surface area contributed by atoms with Gasteiger partial charge in [-0.05, 0) is 25.0 Å². The summed E-state index contributed by atoms with van der Waals surface area (Å²) in [5, 5.41) is 0. The van der Waals surface area contributed by atoms with E-state index in [1.807, 2.05) is 24.3 Å². The number of allylic oxidation sites excluding steroid dienone is 3. The molecule has 1 aliphatic rings. The summed E-state index contributed by atoms with van der Waals surface area (Å²) < 4.78 is 24.0. The van der Waals surface area contributed by atoms with Crippen molar-refractivity contribution >= 4 is 19.7 Å². The summed E-state index contributed by atoms with van der Waals surface area (Å²) in [6, 6.07) is 8.52. The first-order valence-electron chi connectivity index (χ1n) is 5.05. The highest BCUT2D eigenvalue weighted by Crippen LogP contribution is 2.32. The molecule has 0 radical (unpaired) electrons. The average molecular weight is 252 g/mol. The number of hydrogen-bond donors (Lipinski definition) is 0. The summed E-state index contributed by atoms with van der Waals surface area (Å²) in [5.41, 5.74) is 0. The first kappa shape index (κ1) is 11.5. The Morgan fingerprint density at radius 1 is 1.06 bits per heavy atom. The normalized spacial score (nSPS) is 15.9. The third-order valence-electron chi connectivity index (χ3n) is 2.20. The van der Waals surface area contributed by atoms with Gasteiger partial charge in [0.1, 0.15) is 0 Å². The van der Waals surface area contributed by atoms with E-state index in [2.05, 4.69) is 0 Å². The first-order chi connectivity index (χ1) is 7.68. The van der Waals surface area contributed by atoms with Crippen molar-refractivity contribution in [2.24, 2.45) is 0 Å². The molecule has 0 saturated carbocycles. The van der Waals surface area contributed by atoms with Gasteiger partial charge in [0, 0.05) is 15.7 Å². The number of benzene rings is 1. The number of hydrogen-bond acceptors (Lipinski definition) is 3. The molecule has 0 aliphatic heterocycles. The fraction of sp³-hybridized carbons (Fsp3) is 0.167. The molecule has 0 saturated heterocycles. The molecule has 0 fully saturated rings. The lowest BCUT2D eigenvalue weighted by Crippen LogP contribution is -1.95. The molecule has 0 aromatic heterocycles. The van der Waals surface area contributed by atoms with Crippen molar-refractivity contribution in [3.63, 3.8) is 0 Å². The molecule has 1 aromatic carbocycles. The molecule has 0 spiro atoms. The molecule has 0 heterocycles. The quantitative estimate of drug-likeness (QED) is 0.774. The highest BCUT2D eigenvalue weighted by molar-refractivity contribution is 8.73. The van der Waals surface area contributed by atoms with Crippen LogP contribution in [0.15, 0.2) is 58.4 Å². The van der Waals surface area contributed by atoms with Gasteiger partial charge in [-0.3, -0.25) is 0 Å². The SMILES string of the molecule is O=S(=O)(SC1=CCCC=C1)c1ccccc1. The van der Waals surface area contributed by atoms with Gasteiger partial charge in [-0.15, -0.1) is 0 Å². The van der Waals surface area contributed by atoms with Gasteiger partial charge in [0.05, 0.1) is 4.90 Å². The molecule has 0 amide bonds. The van der Waals surface area contributed by atoms with Crippen molar-refractivity contribution in [3.8, 4) is 0 Å². The van der Waals surface area contributed by atoms with Gasteiger partial charge in [0.25, 0.3) is 0 Å². The van der Waals surface area contributed by atoms with E-state index < -0.39 is 8.87 Å². The minimum atomic E-state index is -3.26. The van der Waals surface area contributed by atoms with Crippen molar-refractivity contribution in [2.45, 2.75) is 17.7 Å². The number of rotatable bonds is 3. The molecule has 1 aliphatic carbocycles. The molecule has 2 rings (SSSR count). The molecular formula is C12H12O2S2. The van der Waals surface area contributed by atoms with Crippen LogP contribution in [-0.4, -0.2) is 8.42 Å². The lowest BCUT2D eigenvalue weighted by molar-refractivity contribution is 0.610. The van der Waals surface area contributed by atoms with Gasteiger partial charge in [0.2, 0.25) is 8.87 Å². The summed E-state index contributed by atoms with van der Waals surface area (Å²) in [5.74, 6) is 0. The van der Waals surface area contributed by atoms with Crippen LogP contribution in [0.5, 0.6) is 0 Å². The van der Waals surface area contributed by atoms with Gasteiger partial charge >= 0.3 is 0 Å². The molecule has 0 bridgehead atoms. The van der Waals surface area contributed by atoms with Crippen LogP contribution >= 0.6 is 10.8 Å². The van der Waals surface area contributed by atoms with Crippen molar-refractivity contribution in [3.05, 3.63) is 53.5 Å². The second-order valence-corrected chi connectivity index (χ2v) is 7.27. The van der Waals surface area contributed by atoms with Gasteiger partial charge < -0.3 is 0 Å². The summed E-state index contributed by atoms with van der Waals surface area (Å²) in [6.07, 6.45) is 7.75. The second kappa shape index (κ2) is 4.89. The zero-order valence-corrected chi connectivity index (χ0v) is 10.3. The summed E-state index contributed by atoms with van der Waals surface area (Å²) in [7, 11) is -2.34. The van der Waals surface area contributed by atoms with E-state index in [4.69, 9.17) is 0 Å². The Bertz CT molecular complexity index is 513. The monoisotopic (exact) mass is 252 g/mol. The Hall–Kier alpha value is -1.00. The lowest BCUT2D eigenvalue weighted by atomic mass is 10.2. The summed E-state index contributed by atoms with van der Waals surface area (Å²) >= 11 is 0. The first-order valence-corrected chi connectivity index (χ1v) is 7.86. The molecule has 16 heavy (non-hydrogen) atoms. The van der Waals surface area contributed by atoms with Gasteiger partial charge in [-0.25, -0.2) is 8.42 Å². The van der Waals surface area contributed by atoms with E-state index in [1.54, 1.807) is 24.3 Å². The molecule has 84 valence electrons. The maximum absolute atomic E-state index is 12.0. The Balaban J connectivity index is 2.21. The van der Waals surface area contributed by atoms with E-state index in [9.17, 15) is 8.42 Å². The van der Waals surface area contributed by atoms with Crippen LogP contribution in [0.2, 0.25) is 0 Å². The molecule has 0 unspecified atom stereocenters. The molecule has 2 nitrogen and oxygen atoms in total. The van der Waals surface area contributed by atoms with Crippen molar-refractivity contribution in [2.75, 3.05) is 0 Å². The molecule has 0 N–H and O–H groups in total. The fourth-order valence-corrected chi connectivity index (χ4v) is 4.34. The second-order valence-electron chi connectivity index (χ2n) is 3.44. The Morgan fingerprint density at radius 3 is 2.44 bits per heavy atom.